The Morgan fingerprint density at radius 2 is 2.25 bits per heavy atom. The predicted molar refractivity (Wildman–Crippen MR) is 48.9 cm³/mol. The van der Waals surface area contributed by atoms with E-state index >= 15 is 0 Å². The first-order valence-corrected chi connectivity index (χ1v) is 4.63. The van der Waals surface area contributed by atoms with Gasteiger partial charge in [-0.15, -0.1) is 0 Å². The Morgan fingerprint density at radius 3 is 2.67 bits per heavy atom. The summed E-state index contributed by atoms with van der Waals surface area (Å²) in [7, 11) is 0. The van der Waals surface area contributed by atoms with Crippen molar-refractivity contribution in [1.82, 2.24) is 0 Å². The van der Waals surface area contributed by atoms with Crippen LogP contribution in [0.2, 0.25) is 0 Å². The van der Waals surface area contributed by atoms with Crippen LogP contribution in [0.5, 0.6) is 0 Å². The maximum atomic E-state index is 5.24. The summed E-state index contributed by atoms with van der Waals surface area (Å²) < 4.78 is 10.4. The number of hydrogen-bond donors (Lipinski definition) is 0. The first-order valence-electron chi connectivity index (χ1n) is 4.63. The quantitative estimate of drug-likeness (QED) is 0.450. The van der Waals surface area contributed by atoms with Gasteiger partial charge in [0, 0.05) is 5.41 Å². The summed E-state index contributed by atoms with van der Waals surface area (Å²) in [6.45, 7) is 8.35. The molecule has 1 aliphatic rings. The lowest BCUT2D eigenvalue weighted by atomic mass is 9.79. The average Bonchev–Trinajstić information content (AvgIpc) is 2.00. The van der Waals surface area contributed by atoms with Crippen molar-refractivity contribution >= 4 is 0 Å². The molecule has 0 atom stereocenters. The monoisotopic (exact) mass is 170 g/mol. The molecule has 0 radical (unpaired) electrons. The minimum Gasteiger partial charge on any atom is -0.502 e. The zero-order valence-electron chi connectivity index (χ0n) is 7.84. The van der Waals surface area contributed by atoms with Crippen LogP contribution in [0.1, 0.15) is 26.2 Å². The second-order valence-corrected chi connectivity index (χ2v) is 3.53. The van der Waals surface area contributed by atoms with E-state index in [1.165, 1.54) is 19.1 Å². The van der Waals surface area contributed by atoms with Gasteiger partial charge in [0.2, 0.25) is 0 Å². The Kier molecular flexibility index (Phi) is 3.60. The molecule has 1 aliphatic heterocycles. The Labute approximate surface area is 74.6 Å². The molecule has 1 saturated heterocycles. The minimum absolute atomic E-state index is 0.428. The van der Waals surface area contributed by atoms with Crippen molar-refractivity contribution in [3.8, 4) is 0 Å². The van der Waals surface area contributed by atoms with Crippen LogP contribution in [0.25, 0.3) is 0 Å². The maximum absolute atomic E-state index is 5.24. The van der Waals surface area contributed by atoms with Crippen LogP contribution in [0, 0.1) is 5.41 Å². The molecule has 0 N–H and O–H groups in total. The van der Waals surface area contributed by atoms with Gasteiger partial charge in [-0.3, -0.25) is 0 Å². The molecule has 0 aromatic carbocycles. The van der Waals surface area contributed by atoms with Crippen molar-refractivity contribution in [3.05, 3.63) is 12.8 Å². The summed E-state index contributed by atoms with van der Waals surface area (Å²) in [6, 6.07) is 0. The zero-order chi connectivity index (χ0) is 8.86. The van der Waals surface area contributed by atoms with Crippen LogP contribution in [0.4, 0.5) is 0 Å². The highest BCUT2D eigenvalue weighted by Crippen LogP contribution is 2.36. The lowest BCUT2D eigenvalue weighted by molar-refractivity contribution is -0.127. The molecule has 12 heavy (non-hydrogen) atoms. The molecule has 0 aliphatic carbocycles. The van der Waals surface area contributed by atoms with Crippen LogP contribution in [0.3, 0.4) is 0 Å². The van der Waals surface area contributed by atoms with Gasteiger partial charge in [-0.25, -0.2) is 0 Å². The molecule has 2 heteroatoms. The molecular weight excluding hydrogens is 152 g/mol. The molecule has 1 rings (SSSR count). The van der Waals surface area contributed by atoms with Gasteiger partial charge < -0.3 is 9.47 Å². The van der Waals surface area contributed by atoms with Gasteiger partial charge in [0.25, 0.3) is 0 Å². The topological polar surface area (TPSA) is 18.5 Å². The van der Waals surface area contributed by atoms with Gasteiger partial charge >= 0.3 is 0 Å². The fraction of sp³-hybridized carbons (Fsp3) is 0.800. The summed E-state index contributed by atoms with van der Waals surface area (Å²) >= 11 is 0. The van der Waals surface area contributed by atoms with Crippen LogP contribution in [-0.2, 0) is 9.47 Å². The summed E-state index contributed by atoms with van der Waals surface area (Å²) in [6.07, 6.45) is 5.11. The van der Waals surface area contributed by atoms with Crippen molar-refractivity contribution in [1.29, 1.82) is 0 Å². The molecule has 1 fully saturated rings. The highest BCUT2D eigenvalue weighted by Gasteiger charge is 2.37. The highest BCUT2D eigenvalue weighted by atomic mass is 16.5. The third-order valence-electron chi connectivity index (χ3n) is 2.46. The van der Waals surface area contributed by atoms with Crippen LogP contribution in [0.15, 0.2) is 12.8 Å². The van der Waals surface area contributed by atoms with E-state index in [4.69, 9.17) is 9.47 Å². The SMILES string of the molecule is C=COCCC1(CCC)COC1. The largest absolute Gasteiger partial charge is 0.502 e. The van der Waals surface area contributed by atoms with Crippen LogP contribution in [-0.4, -0.2) is 19.8 Å². The second-order valence-electron chi connectivity index (χ2n) is 3.53. The number of hydrogen-bond acceptors (Lipinski definition) is 2. The number of ether oxygens (including phenoxy) is 2. The molecule has 0 amide bonds. The van der Waals surface area contributed by atoms with E-state index < -0.39 is 0 Å². The smallest absolute Gasteiger partial charge is 0.0880 e. The lowest BCUT2D eigenvalue weighted by Crippen LogP contribution is -2.43. The van der Waals surface area contributed by atoms with Crippen molar-refractivity contribution in [2.24, 2.45) is 5.41 Å². The summed E-state index contributed by atoms with van der Waals surface area (Å²) in [5, 5.41) is 0. The fourth-order valence-corrected chi connectivity index (χ4v) is 1.69. The van der Waals surface area contributed by atoms with Crippen molar-refractivity contribution in [3.63, 3.8) is 0 Å². The van der Waals surface area contributed by atoms with Crippen molar-refractivity contribution in [2.45, 2.75) is 26.2 Å². The third-order valence-corrected chi connectivity index (χ3v) is 2.46. The van der Waals surface area contributed by atoms with Crippen molar-refractivity contribution in [2.75, 3.05) is 19.8 Å². The van der Waals surface area contributed by atoms with Gasteiger partial charge in [-0.2, -0.15) is 0 Å². The number of rotatable bonds is 6. The van der Waals surface area contributed by atoms with Crippen molar-refractivity contribution < 1.29 is 9.47 Å². The lowest BCUT2D eigenvalue weighted by Gasteiger charge is -2.41. The third kappa shape index (κ3) is 2.24. The molecule has 0 bridgehead atoms. The molecule has 0 saturated carbocycles. The first-order chi connectivity index (χ1) is 5.83. The maximum Gasteiger partial charge on any atom is 0.0880 e. The molecule has 0 unspecified atom stereocenters. The molecule has 0 spiro atoms. The standard InChI is InChI=1S/C10H18O2/c1-3-5-10(8-12-9-10)6-7-11-4-2/h4H,2-3,5-9H2,1H3. The van der Waals surface area contributed by atoms with E-state index in [1.54, 1.807) is 0 Å². The molecule has 0 aromatic heterocycles. The Hall–Kier alpha value is -0.500. The fourth-order valence-electron chi connectivity index (χ4n) is 1.69. The summed E-state index contributed by atoms with van der Waals surface area (Å²) in [5.41, 5.74) is 0.428. The Bertz CT molecular complexity index is 139. The Morgan fingerprint density at radius 1 is 1.50 bits per heavy atom. The molecule has 2 nitrogen and oxygen atoms in total. The predicted octanol–water partition coefficient (Wildman–Crippen LogP) is 2.35. The minimum atomic E-state index is 0.428. The van der Waals surface area contributed by atoms with Gasteiger partial charge in [0.15, 0.2) is 0 Å². The second kappa shape index (κ2) is 4.51. The molecule has 70 valence electrons. The van der Waals surface area contributed by atoms with E-state index in [9.17, 15) is 0 Å². The van der Waals surface area contributed by atoms with Gasteiger partial charge in [-0.05, 0) is 12.8 Å². The molecule has 1 heterocycles. The van der Waals surface area contributed by atoms with E-state index in [1.807, 2.05) is 0 Å². The zero-order valence-corrected chi connectivity index (χ0v) is 7.84. The summed E-state index contributed by atoms with van der Waals surface area (Å²) in [4.78, 5) is 0. The van der Waals surface area contributed by atoms with E-state index in [-0.39, 0.29) is 0 Å². The summed E-state index contributed by atoms with van der Waals surface area (Å²) in [5.74, 6) is 0. The van der Waals surface area contributed by atoms with E-state index in [0.29, 0.717) is 5.41 Å². The van der Waals surface area contributed by atoms with Gasteiger partial charge in [-0.1, -0.05) is 19.9 Å². The van der Waals surface area contributed by atoms with Gasteiger partial charge in [0.1, 0.15) is 0 Å². The Balaban J connectivity index is 2.19. The molecule has 0 aromatic rings. The average molecular weight is 170 g/mol. The molecular formula is C10H18O2. The van der Waals surface area contributed by atoms with Gasteiger partial charge in [0.05, 0.1) is 26.1 Å². The first kappa shape index (κ1) is 9.59. The van der Waals surface area contributed by atoms with E-state index in [0.717, 1.165) is 26.2 Å². The van der Waals surface area contributed by atoms with Crippen LogP contribution >= 0.6 is 0 Å². The van der Waals surface area contributed by atoms with Crippen LogP contribution < -0.4 is 0 Å². The highest BCUT2D eigenvalue weighted by molar-refractivity contribution is 4.85. The normalized spacial score (nSPS) is 19.8. The van der Waals surface area contributed by atoms with E-state index in [2.05, 4.69) is 13.5 Å².